The van der Waals surface area contributed by atoms with Crippen LogP contribution in [-0.4, -0.2) is 77.0 Å². The van der Waals surface area contributed by atoms with Gasteiger partial charge < -0.3 is 28.8 Å². The van der Waals surface area contributed by atoms with E-state index in [0.717, 1.165) is 0 Å². The Bertz CT molecular complexity index is 311. The lowest BCUT2D eigenvalue weighted by Crippen LogP contribution is -2.48. The topological polar surface area (TPSA) is 101 Å². The predicted octanol–water partition coefficient (Wildman–Crippen LogP) is -0.694. The number of carbonyl (C=O) groups excluding carboxylic acids is 1. The maximum Gasteiger partial charge on any atom is 0.337 e. The van der Waals surface area contributed by atoms with Gasteiger partial charge in [0.2, 0.25) is 0 Å². The minimum atomic E-state index is -1.83. The number of esters is 1. The molecule has 0 saturated heterocycles. The molecular weight excluding hydrogens is 260 g/mol. The molecule has 0 saturated carbocycles. The normalized spacial score (nSPS) is 18.0. The molecule has 0 aliphatic carbocycles. The molecule has 8 nitrogen and oxygen atoms in total. The smallest absolute Gasteiger partial charge is 0.337 e. The summed E-state index contributed by atoms with van der Waals surface area (Å²) >= 11 is 0. The Kier molecular flexibility index (Phi) is 8.07. The number of rotatable bonds is 10. The highest BCUT2D eigenvalue weighted by Crippen LogP contribution is 2.13. The second-order valence-electron chi connectivity index (χ2n) is 3.47. The zero-order valence-electron chi connectivity index (χ0n) is 12.3. The Morgan fingerprint density at radius 2 is 1.84 bits per heavy atom. The van der Waals surface area contributed by atoms with Crippen LogP contribution >= 0.6 is 0 Å². The number of carbonyl (C=O) groups is 2. The number of hydrogen-bond donors (Lipinski definition) is 1. The van der Waals surface area contributed by atoms with Crippen molar-refractivity contribution in [2.45, 2.75) is 18.3 Å². The van der Waals surface area contributed by atoms with Gasteiger partial charge in [-0.15, -0.1) is 0 Å². The van der Waals surface area contributed by atoms with Gasteiger partial charge in [0.15, 0.2) is 6.10 Å². The van der Waals surface area contributed by atoms with Crippen LogP contribution in [0.5, 0.6) is 0 Å². The van der Waals surface area contributed by atoms with Crippen molar-refractivity contribution in [2.75, 3.05) is 41.6 Å². The van der Waals surface area contributed by atoms with E-state index in [4.69, 9.17) is 25.4 Å². The van der Waals surface area contributed by atoms with E-state index >= 15 is 0 Å². The molecule has 0 heterocycles. The van der Waals surface area contributed by atoms with E-state index in [2.05, 4.69) is 4.74 Å². The summed E-state index contributed by atoms with van der Waals surface area (Å²) in [6.07, 6.45) is -3.11. The molecule has 112 valence electrons. The van der Waals surface area contributed by atoms with Gasteiger partial charge in [-0.2, -0.15) is 0 Å². The zero-order chi connectivity index (χ0) is 15.7. The fraction of sp³-hybridized carbons (Fsp3) is 0.818. The predicted molar refractivity (Wildman–Crippen MR) is 62.9 cm³/mol. The minimum Gasteiger partial charge on any atom is -0.480 e. The lowest BCUT2D eigenvalue weighted by molar-refractivity contribution is -0.177. The van der Waals surface area contributed by atoms with Crippen LogP contribution in [0, 0.1) is 0 Å². The standard InChI is InChI=1S/C11H20O8/c1-15-5-7(19-6-8(12)13)9(16-2)10(17-3)11(14)18-4/h7,9-10H,5-6H2,1-4H3,(H,12,13)/t7-,9+,10+/m1/s1/i6D/t6?,7-,9+,10+. The summed E-state index contributed by atoms with van der Waals surface area (Å²) in [5.41, 5.74) is 0. The second-order valence-corrected chi connectivity index (χ2v) is 3.47. The summed E-state index contributed by atoms with van der Waals surface area (Å²) in [6, 6.07) is 0. The molecule has 19 heavy (non-hydrogen) atoms. The van der Waals surface area contributed by atoms with Crippen molar-refractivity contribution >= 4 is 11.9 Å². The van der Waals surface area contributed by atoms with Crippen LogP contribution in [0.3, 0.4) is 0 Å². The molecule has 0 aromatic heterocycles. The number of ether oxygens (including phenoxy) is 5. The third-order valence-electron chi connectivity index (χ3n) is 2.30. The Morgan fingerprint density at radius 1 is 1.21 bits per heavy atom. The summed E-state index contributed by atoms with van der Waals surface area (Å²) in [5.74, 6) is -2.17. The maximum atomic E-state index is 11.6. The molecule has 1 N–H and O–H groups in total. The van der Waals surface area contributed by atoms with E-state index < -0.39 is 36.8 Å². The Balaban J connectivity index is 5.06. The SMILES string of the molecule is [2H]C(O[C@H](COC)[C@H](OC)[C@H](OC)C(=O)OC)C(=O)O. The molecule has 0 aromatic carbocycles. The monoisotopic (exact) mass is 281 g/mol. The number of hydrogen-bond acceptors (Lipinski definition) is 7. The molecule has 0 bridgehead atoms. The Labute approximate surface area is 112 Å². The molecule has 0 amide bonds. The summed E-state index contributed by atoms with van der Waals surface area (Å²) < 4.78 is 31.8. The van der Waals surface area contributed by atoms with Crippen LogP contribution in [0.1, 0.15) is 1.37 Å². The summed E-state index contributed by atoms with van der Waals surface area (Å²) in [6.45, 7) is -1.92. The van der Waals surface area contributed by atoms with Crippen LogP contribution in [0.15, 0.2) is 0 Å². The Morgan fingerprint density at radius 3 is 2.21 bits per heavy atom. The van der Waals surface area contributed by atoms with Crippen molar-refractivity contribution in [3.8, 4) is 0 Å². The van der Waals surface area contributed by atoms with Gasteiger partial charge in [-0.1, -0.05) is 0 Å². The van der Waals surface area contributed by atoms with Crippen LogP contribution in [0.4, 0.5) is 0 Å². The van der Waals surface area contributed by atoms with Gasteiger partial charge in [-0.3, -0.25) is 0 Å². The first kappa shape index (κ1) is 15.8. The van der Waals surface area contributed by atoms with Gasteiger partial charge >= 0.3 is 11.9 Å². The highest BCUT2D eigenvalue weighted by Gasteiger charge is 2.36. The molecule has 0 aliphatic heterocycles. The van der Waals surface area contributed by atoms with Crippen molar-refractivity contribution < 1.29 is 39.8 Å². The van der Waals surface area contributed by atoms with Gasteiger partial charge in [0, 0.05) is 21.3 Å². The average Bonchev–Trinajstić information content (AvgIpc) is 2.43. The molecule has 1 unspecified atom stereocenters. The molecule has 0 rings (SSSR count). The highest BCUT2D eigenvalue weighted by atomic mass is 16.6. The zero-order valence-corrected chi connectivity index (χ0v) is 11.3. The van der Waals surface area contributed by atoms with Crippen LogP contribution in [-0.2, 0) is 33.3 Å². The van der Waals surface area contributed by atoms with E-state index in [-0.39, 0.29) is 6.61 Å². The van der Waals surface area contributed by atoms with Gasteiger partial charge in [-0.25, -0.2) is 9.59 Å². The minimum absolute atomic E-state index is 0.0853. The summed E-state index contributed by atoms with van der Waals surface area (Å²) in [5, 5.41) is 8.69. The highest BCUT2D eigenvalue weighted by molar-refractivity contribution is 5.75. The van der Waals surface area contributed by atoms with E-state index in [0.29, 0.717) is 0 Å². The largest absolute Gasteiger partial charge is 0.480 e. The quantitative estimate of drug-likeness (QED) is 0.525. The van der Waals surface area contributed by atoms with Crippen molar-refractivity contribution in [2.24, 2.45) is 0 Å². The van der Waals surface area contributed by atoms with Gasteiger partial charge in [0.25, 0.3) is 0 Å². The molecule has 8 heteroatoms. The molecule has 0 radical (unpaired) electrons. The van der Waals surface area contributed by atoms with Gasteiger partial charge in [0.1, 0.15) is 18.8 Å². The summed E-state index contributed by atoms with van der Waals surface area (Å²) in [7, 11) is 5.11. The first-order chi connectivity index (χ1) is 9.42. The maximum absolute atomic E-state index is 11.6. The average molecular weight is 281 g/mol. The van der Waals surface area contributed by atoms with Crippen LogP contribution in [0.2, 0.25) is 0 Å². The van der Waals surface area contributed by atoms with Gasteiger partial charge in [0.05, 0.1) is 15.1 Å². The number of methoxy groups -OCH3 is 4. The lowest BCUT2D eigenvalue weighted by atomic mass is 10.1. The third-order valence-corrected chi connectivity index (χ3v) is 2.30. The molecular formula is C11H20O8. The molecule has 0 aromatic rings. The molecule has 0 spiro atoms. The van der Waals surface area contributed by atoms with E-state index in [9.17, 15) is 9.59 Å². The number of carboxylic acid groups (broad SMARTS) is 1. The van der Waals surface area contributed by atoms with Crippen LogP contribution in [0.25, 0.3) is 0 Å². The number of carboxylic acids is 1. The first-order valence-electron chi connectivity index (χ1n) is 5.93. The summed E-state index contributed by atoms with van der Waals surface area (Å²) in [4.78, 5) is 22.2. The van der Waals surface area contributed by atoms with E-state index in [1.807, 2.05) is 0 Å². The fourth-order valence-electron chi connectivity index (χ4n) is 1.47. The molecule has 0 fully saturated rings. The van der Waals surface area contributed by atoms with Crippen LogP contribution < -0.4 is 0 Å². The third kappa shape index (κ3) is 5.97. The van der Waals surface area contributed by atoms with Gasteiger partial charge in [-0.05, 0) is 0 Å². The second kappa shape index (κ2) is 9.68. The molecule has 0 aliphatic rings. The van der Waals surface area contributed by atoms with Crippen molar-refractivity contribution in [3.05, 3.63) is 0 Å². The Hall–Kier alpha value is -1.22. The van der Waals surface area contributed by atoms with Crippen molar-refractivity contribution in [1.82, 2.24) is 0 Å². The number of aliphatic carboxylic acids is 1. The first-order valence-corrected chi connectivity index (χ1v) is 5.35. The fourth-order valence-corrected chi connectivity index (χ4v) is 1.47. The lowest BCUT2D eigenvalue weighted by Gasteiger charge is -2.29. The van der Waals surface area contributed by atoms with E-state index in [1.165, 1.54) is 28.4 Å². The van der Waals surface area contributed by atoms with Crippen molar-refractivity contribution in [1.29, 1.82) is 0 Å². The van der Waals surface area contributed by atoms with Crippen molar-refractivity contribution in [3.63, 3.8) is 0 Å². The molecule has 4 atom stereocenters. The van der Waals surface area contributed by atoms with E-state index in [1.54, 1.807) is 0 Å².